The molecule has 0 radical (unpaired) electrons. The lowest BCUT2D eigenvalue weighted by molar-refractivity contribution is 0.474. The molecule has 0 spiro atoms. The quantitative estimate of drug-likeness (QED) is 0.592. The highest BCUT2D eigenvalue weighted by atomic mass is 32.1. The number of hydrogen-bond acceptors (Lipinski definition) is 2. The third-order valence-corrected chi connectivity index (χ3v) is 2.44. The van der Waals surface area contributed by atoms with Gasteiger partial charge in [-0.25, -0.2) is 0 Å². The smallest absolute Gasteiger partial charge is 0.124 e. The molecule has 1 nitrogen and oxygen atoms in total. The third kappa shape index (κ3) is 0.942. The summed E-state index contributed by atoms with van der Waals surface area (Å²) in [5.74, 6) is 0.338. The van der Waals surface area contributed by atoms with Crippen LogP contribution in [0.25, 0.3) is 0 Å². The molecule has 0 bridgehead atoms. The average molecular weight is 164 g/mol. The SMILES string of the molecule is Oc1cccc2c1C(=S)CC2. The van der Waals surface area contributed by atoms with E-state index in [9.17, 15) is 5.11 Å². The van der Waals surface area contributed by atoms with Gasteiger partial charge in [-0.15, -0.1) is 0 Å². The van der Waals surface area contributed by atoms with Gasteiger partial charge in [0.2, 0.25) is 0 Å². The Labute approximate surface area is 70.7 Å². The lowest BCUT2D eigenvalue weighted by Crippen LogP contribution is -1.89. The van der Waals surface area contributed by atoms with Crippen LogP contribution in [-0.2, 0) is 6.42 Å². The molecule has 2 rings (SSSR count). The van der Waals surface area contributed by atoms with Gasteiger partial charge in [-0.05, 0) is 24.5 Å². The van der Waals surface area contributed by atoms with Crippen LogP contribution < -0.4 is 0 Å². The maximum Gasteiger partial charge on any atom is 0.124 e. The fourth-order valence-corrected chi connectivity index (χ4v) is 1.83. The molecule has 0 unspecified atom stereocenters. The summed E-state index contributed by atoms with van der Waals surface area (Å²) < 4.78 is 0. The maximum atomic E-state index is 9.41. The van der Waals surface area contributed by atoms with Crippen LogP contribution in [0.1, 0.15) is 17.5 Å². The summed E-state index contributed by atoms with van der Waals surface area (Å²) in [4.78, 5) is 0.901. The maximum absolute atomic E-state index is 9.41. The zero-order chi connectivity index (χ0) is 7.84. The van der Waals surface area contributed by atoms with Crippen molar-refractivity contribution in [3.8, 4) is 5.75 Å². The number of benzene rings is 1. The lowest BCUT2D eigenvalue weighted by atomic mass is 10.1. The Hall–Kier alpha value is -0.890. The van der Waals surface area contributed by atoms with Crippen LogP contribution >= 0.6 is 12.2 Å². The van der Waals surface area contributed by atoms with Gasteiger partial charge in [0.1, 0.15) is 5.75 Å². The number of fused-ring (bicyclic) bond motifs is 1. The minimum absolute atomic E-state index is 0.338. The van der Waals surface area contributed by atoms with E-state index in [1.807, 2.05) is 12.1 Å². The van der Waals surface area contributed by atoms with E-state index in [1.54, 1.807) is 6.07 Å². The Morgan fingerprint density at radius 3 is 2.82 bits per heavy atom. The van der Waals surface area contributed by atoms with Crippen molar-refractivity contribution in [2.75, 3.05) is 0 Å². The van der Waals surface area contributed by atoms with Crippen molar-refractivity contribution in [1.82, 2.24) is 0 Å². The van der Waals surface area contributed by atoms with Crippen molar-refractivity contribution in [1.29, 1.82) is 0 Å². The van der Waals surface area contributed by atoms with Gasteiger partial charge in [-0.1, -0.05) is 24.4 Å². The number of aryl methyl sites for hydroxylation is 1. The topological polar surface area (TPSA) is 20.2 Å². The van der Waals surface area contributed by atoms with E-state index in [-0.39, 0.29) is 0 Å². The first-order valence-electron chi connectivity index (χ1n) is 3.63. The average Bonchev–Trinajstić information content (AvgIpc) is 2.34. The summed E-state index contributed by atoms with van der Waals surface area (Å²) in [5, 5.41) is 9.41. The van der Waals surface area contributed by atoms with E-state index in [2.05, 4.69) is 0 Å². The molecule has 0 saturated carbocycles. The summed E-state index contributed by atoms with van der Waals surface area (Å²) in [6.45, 7) is 0. The van der Waals surface area contributed by atoms with Gasteiger partial charge in [-0.3, -0.25) is 0 Å². The van der Waals surface area contributed by atoms with Crippen LogP contribution in [0, 0.1) is 0 Å². The molecule has 1 aromatic rings. The predicted molar refractivity (Wildman–Crippen MR) is 48.1 cm³/mol. The molecule has 0 amide bonds. The van der Waals surface area contributed by atoms with Gasteiger partial charge in [0, 0.05) is 10.4 Å². The summed E-state index contributed by atoms with van der Waals surface area (Å²) in [6, 6.07) is 5.58. The Kier molecular flexibility index (Phi) is 1.43. The number of rotatable bonds is 0. The summed E-state index contributed by atoms with van der Waals surface area (Å²) in [6.07, 6.45) is 1.91. The summed E-state index contributed by atoms with van der Waals surface area (Å²) in [7, 11) is 0. The number of phenolic OH excluding ortho intramolecular Hbond substituents is 1. The monoisotopic (exact) mass is 164 g/mol. The van der Waals surface area contributed by atoms with Gasteiger partial charge < -0.3 is 5.11 Å². The van der Waals surface area contributed by atoms with Crippen molar-refractivity contribution >= 4 is 17.1 Å². The van der Waals surface area contributed by atoms with Crippen molar-refractivity contribution in [2.45, 2.75) is 12.8 Å². The zero-order valence-electron chi connectivity index (χ0n) is 6.00. The van der Waals surface area contributed by atoms with Crippen molar-refractivity contribution in [3.63, 3.8) is 0 Å². The van der Waals surface area contributed by atoms with E-state index in [4.69, 9.17) is 12.2 Å². The first-order valence-corrected chi connectivity index (χ1v) is 4.04. The van der Waals surface area contributed by atoms with Crippen LogP contribution in [-0.4, -0.2) is 9.97 Å². The van der Waals surface area contributed by atoms with Gasteiger partial charge in [0.15, 0.2) is 0 Å². The lowest BCUT2D eigenvalue weighted by Gasteiger charge is -1.99. The second kappa shape index (κ2) is 2.31. The van der Waals surface area contributed by atoms with Crippen molar-refractivity contribution < 1.29 is 5.11 Å². The van der Waals surface area contributed by atoms with Crippen LogP contribution in [0.3, 0.4) is 0 Å². The highest BCUT2D eigenvalue weighted by Crippen LogP contribution is 2.29. The second-order valence-electron chi connectivity index (χ2n) is 2.73. The molecular weight excluding hydrogens is 156 g/mol. The minimum atomic E-state index is 0.338. The normalized spacial score (nSPS) is 15.1. The van der Waals surface area contributed by atoms with Gasteiger partial charge >= 0.3 is 0 Å². The third-order valence-electron chi connectivity index (χ3n) is 2.03. The molecule has 11 heavy (non-hydrogen) atoms. The molecule has 56 valence electrons. The molecule has 1 aliphatic carbocycles. The summed E-state index contributed by atoms with van der Waals surface area (Å²) >= 11 is 5.10. The molecule has 0 atom stereocenters. The van der Waals surface area contributed by atoms with E-state index < -0.39 is 0 Å². The van der Waals surface area contributed by atoms with Crippen LogP contribution in [0.4, 0.5) is 0 Å². The van der Waals surface area contributed by atoms with Crippen molar-refractivity contribution in [2.24, 2.45) is 0 Å². The van der Waals surface area contributed by atoms with E-state index in [0.717, 1.165) is 23.3 Å². The van der Waals surface area contributed by atoms with Crippen molar-refractivity contribution in [3.05, 3.63) is 29.3 Å². The molecule has 0 fully saturated rings. The molecule has 1 aliphatic rings. The van der Waals surface area contributed by atoms with Gasteiger partial charge in [0.05, 0.1) is 0 Å². The molecule has 0 heterocycles. The predicted octanol–water partition coefficient (Wildman–Crippen LogP) is 2.06. The Bertz CT molecular complexity index is 317. The highest BCUT2D eigenvalue weighted by Gasteiger charge is 2.18. The highest BCUT2D eigenvalue weighted by molar-refractivity contribution is 7.80. The molecule has 0 saturated heterocycles. The fraction of sp³-hybridized carbons (Fsp3) is 0.222. The molecule has 2 heteroatoms. The standard InChI is InChI=1S/C9H8OS/c10-7-3-1-2-6-4-5-8(11)9(6)7/h1-3,10H,4-5H2. The van der Waals surface area contributed by atoms with E-state index >= 15 is 0 Å². The van der Waals surface area contributed by atoms with Crippen LogP contribution in [0.2, 0.25) is 0 Å². The number of hydrogen-bond donors (Lipinski definition) is 1. The van der Waals surface area contributed by atoms with Crippen LogP contribution in [0.5, 0.6) is 5.75 Å². The number of aromatic hydroxyl groups is 1. The van der Waals surface area contributed by atoms with Crippen LogP contribution in [0.15, 0.2) is 18.2 Å². The first kappa shape index (κ1) is 6.80. The molecular formula is C9H8OS. The fourth-order valence-electron chi connectivity index (χ4n) is 1.49. The largest absolute Gasteiger partial charge is 0.507 e. The molecule has 1 N–H and O–H groups in total. The second-order valence-corrected chi connectivity index (χ2v) is 3.23. The van der Waals surface area contributed by atoms with Gasteiger partial charge in [-0.2, -0.15) is 0 Å². The Morgan fingerprint density at radius 2 is 2.09 bits per heavy atom. The van der Waals surface area contributed by atoms with E-state index in [0.29, 0.717) is 5.75 Å². The zero-order valence-corrected chi connectivity index (χ0v) is 6.82. The minimum Gasteiger partial charge on any atom is -0.507 e. The first-order chi connectivity index (χ1) is 5.29. The Morgan fingerprint density at radius 1 is 1.27 bits per heavy atom. The van der Waals surface area contributed by atoms with E-state index in [1.165, 1.54) is 5.56 Å². The number of thiocarbonyl (C=S) groups is 1. The molecule has 0 aromatic heterocycles. The Balaban J connectivity index is 2.68. The number of phenols is 1. The molecule has 1 aromatic carbocycles. The summed E-state index contributed by atoms with van der Waals surface area (Å²) in [5.41, 5.74) is 2.09. The molecule has 0 aliphatic heterocycles. The van der Waals surface area contributed by atoms with Gasteiger partial charge in [0.25, 0.3) is 0 Å².